The van der Waals surface area contributed by atoms with Gasteiger partial charge in [0.1, 0.15) is 0 Å². The molecule has 0 N–H and O–H groups in total. The summed E-state index contributed by atoms with van der Waals surface area (Å²) in [5.74, 6) is 4.67. The molecule has 5 aromatic rings. The molecule has 0 spiro atoms. The van der Waals surface area contributed by atoms with Crippen LogP contribution in [0, 0.1) is 29.6 Å². The van der Waals surface area contributed by atoms with Gasteiger partial charge in [0.25, 0.3) is 0 Å². The van der Waals surface area contributed by atoms with E-state index in [-0.39, 0.29) is 23.5 Å². The summed E-state index contributed by atoms with van der Waals surface area (Å²) in [6, 6.07) is 43.0. The lowest BCUT2D eigenvalue weighted by Crippen LogP contribution is -2.05. The topological polar surface area (TPSA) is 0 Å². The predicted molar refractivity (Wildman–Crippen MR) is 451 cm³/mol. The Labute approximate surface area is 635 Å². The van der Waals surface area contributed by atoms with Crippen LogP contribution in [0.15, 0.2) is 176 Å². The Bertz CT molecular complexity index is 2510. The van der Waals surface area contributed by atoms with E-state index < -0.39 is 0 Å². The van der Waals surface area contributed by atoms with E-state index in [0.717, 1.165) is 54.1 Å². The van der Waals surface area contributed by atoms with Gasteiger partial charge in [0, 0.05) is 24.5 Å². The third kappa shape index (κ3) is 38.3. The fraction of sp³-hybridized carbons (Fsp3) is 0.556. The van der Waals surface area contributed by atoms with Crippen molar-refractivity contribution in [2.24, 2.45) is 29.6 Å². The number of unbranched alkanes of at least 4 members (excludes halogenated alkanes) is 15. The predicted octanol–water partition coefficient (Wildman–Crippen LogP) is 31.4. The maximum atomic E-state index is 4.35. The van der Waals surface area contributed by atoms with Crippen LogP contribution in [0.4, 0.5) is 23.5 Å². The Kier molecular flexibility index (Phi) is 54.2. The highest BCUT2D eigenvalue weighted by Crippen LogP contribution is 2.38. The fourth-order valence-electron chi connectivity index (χ4n) is 14.7. The van der Waals surface area contributed by atoms with Crippen LogP contribution in [-0.2, 0) is 0 Å². The zero-order valence-electron chi connectivity index (χ0n) is 62.4. The van der Waals surface area contributed by atoms with E-state index in [1.807, 2.05) is 0 Å². The molecule has 0 nitrogen and oxygen atoms in total. The second-order valence-electron chi connectivity index (χ2n) is 28.8. The Morgan fingerprint density at radius 2 is 0.370 bits per heavy atom. The average molecular weight is 1470 g/mol. The number of thiol groups is 5. The smallest absolute Gasteiger partial charge is 0.00403 e. The maximum absolute atomic E-state index is 4.35. The molecular formula is C90H135F5S5. The van der Waals surface area contributed by atoms with Crippen LogP contribution >= 0.6 is 63.1 Å². The Balaban J connectivity index is 0.000000617. The van der Waals surface area contributed by atoms with Gasteiger partial charge in [-0.3, -0.25) is 23.5 Å². The largest absolute Gasteiger partial charge is 0.269 e. The second kappa shape index (κ2) is 57.5. The van der Waals surface area contributed by atoms with Crippen LogP contribution in [-0.4, -0.2) is 0 Å². The second-order valence-corrected chi connectivity index (χ2v) is 31.4. The number of benzene rings is 5. The molecule has 10 rings (SSSR count). The third-order valence-corrected chi connectivity index (χ3v) is 22.6. The summed E-state index contributed by atoms with van der Waals surface area (Å²) in [5.41, 5.74) is 14.7. The van der Waals surface area contributed by atoms with E-state index in [2.05, 4.69) is 249 Å². The van der Waals surface area contributed by atoms with Gasteiger partial charge in [-0.05, 0) is 242 Å². The fourth-order valence-corrected chi connectivity index (χ4v) is 15.5. The molecule has 5 atom stereocenters. The molecule has 560 valence electrons. The first-order chi connectivity index (χ1) is 46.5. The molecule has 5 aromatic carbocycles. The summed E-state index contributed by atoms with van der Waals surface area (Å²) in [6.07, 6.45) is 67.1. The van der Waals surface area contributed by atoms with Crippen LogP contribution in [0.2, 0.25) is 0 Å². The maximum Gasteiger partial charge on any atom is 0.00403 e. The molecule has 5 aliphatic carbocycles. The van der Waals surface area contributed by atoms with Crippen molar-refractivity contribution in [3.8, 4) is 0 Å². The van der Waals surface area contributed by atoms with Gasteiger partial charge in [-0.1, -0.05) is 286 Å². The van der Waals surface area contributed by atoms with Crippen molar-refractivity contribution in [1.29, 1.82) is 0 Å². The summed E-state index contributed by atoms with van der Waals surface area (Å²) in [6.45, 7) is 11.4. The molecule has 0 amide bonds. The number of allylic oxidation sites excluding steroid dienone is 10. The van der Waals surface area contributed by atoms with Gasteiger partial charge in [0.15, 0.2) is 0 Å². The molecular weight excluding hydrogens is 1340 g/mol. The summed E-state index contributed by atoms with van der Waals surface area (Å²) in [7, 11) is 0. The molecule has 0 fully saturated rings. The first-order valence-electron chi connectivity index (χ1n) is 38.9. The van der Waals surface area contributed by atoms with Crippen molar-refractivity contribution in [2.45, 2.75) is 316 Å². The van der Waals surface area contributed by atoms with Crippen molar-refractivity contribution in [2.75, 3.05) is 0 Å². The number of hydrogen-bond donors (Lipinski definition) is 5. The third-order valence-electron chi connectivity index (χ3n) is 21.1. The van der Waals surface area contributed by atoms with Crippen LogP contribution in [0.25, 0.3) is 27.9 Å². The Hall–Kier alpha value is -3.80. The van der Waals surface area contributed by atoms with Crippen molar-refractivity contribution >= 4 is 91.0 Å². The molecule has 0 saturated carbocycles. The van der Waals surface area contributed by atoms with Crippen LogP contribution < -0.4 is 0 Å². The minimum absolute atomic E-state index is 0. The Morgan fingerprint density at radius 3 is 0.490 bits per heavy atom. The van der Waals surface area contributed by atoms with E-state index in [1.165, 1.54) is 313 Å². The Morgan fingerprint density at radius 1 is 0.220 bits per heavy atom. The standard InChI is InChI=1S/5C18H26S.5FH/c5*1-2-3-4-5-6-15-7-9-16(10-8-15)17-11-13-18(19)14-12-17;;;;;/h5*9,11-15,19H,2-8,10H2,1H3;5*1H. The summed E-state index contributed by atoms with van der Waals surface area (Å²) < 4.78 is 0. The molecule has 0 heterocycles. The van der Waals surface area contributed by atoms with Gasteiger partial charge in [-0.15, -0.1) is 63.1 Å². The van der Waals surface area contributed by atoms with E-state index in [4.69, 9.17) is 0 Å². The molecule has 0 saturated heterocycles. The molecule has 10 heteroatoms. The zero-order valence-corrected chi connectivity index (χ0v) is 66.9. The van der Waals surface area contributed by atoms with E-state index in [0.29, 0.717) is 0 Å². The quantitative estimate of drug-likeness (QED) is 0.0169. The highest BCUT2D eigenvalue weighted by molar-refractivity contribution is 7.81. The summed E-state index contributed by atoms with van der Waals surface area (Å²) >= 11 is 21.7. The van der Waals surface area contributed by atoms with Crippen LogP contribution in [0.1, 0.15) is 319 Å². The van der Waals surface area contributed by atoms with Gasteiger partial charge in [0.05, 0.1) is 0 Å². The van der Waals surface area contributed by atoms with Gasteiger partial charge in [-0.25, -0.2) is 0 Å². The van der Waals surface area contributed by atoms with Crippen molar-refractivity contribution in [1.82, 2.24) is 0 Å². The molecule has 100 heavy (non-hydrogen) atoms. The normalized spacial score (nSPS) is 18.3. The van der Waals surface area contributed by atoms with Gasteiger partial charge in [-0.2, -0.15) is 0 Å². The first-order valence-corrected chi connectivity index (χ1v) is 41.1. The lowest BCUT2D eigenvalue weighted by molar-refractivity contribution is 0.425. The summed E-state index contributed by atoms with van der Waals surface area (Å²) in [4.78, 5) is 5.25. The van der Waals surface area contributed by atoms with E-state index in [9.17, 15) is 0 Å². The molecule has 0 bridgehead atoms. The van der Waals surface area contributed by atoms with Crippen molar-refractivity contribution < 1.29 is 23.5 Å². The number of rotatable bonds is 30. The molecule has 5 aliphatic rings. The van der Waals surface area contributed by atoms with Crippen LogP contribution in [0.5, 0.6) is 0 Å². The minimum Gasteiger partial charge on any atom is -0.269 e. The van der Waals surface area contributed by atoms with E-state index >= 15 is 0 Å². The molecule has 0 aliphatic heterocycles. The lowest BCUT2D eigenvalue weighted by atomic mass is 9.84. The highest BCUT2D eigenvalue weighted by atomic mass is 32.1. The van der Waals surface area contributed by atoms with Crippen molar-refractivity contribution in [3.05, 3.63) is 180 Å². The minimum atomic E-state index is 0. The molecule has 5 unspecified atom stereocenters. The van der Waals surface area contributed by atoms with Gasteiger partial charge in [0.2, 0.25) is 0 Å². The monoisotopic (exact) mass is 1470 g/mol. The molecule has 0 radical (unpaired) electrons. The molecule has 0 aromatic heterocycles. The number of halogens is 5. The average Bonchev–Trinajstić information content (AvgIpc) is 0.924. The van der Waals surface area contributed by atoms with Crippen LogP contribution in [0.3, 0.4) is 0 Å². The first kappa shape index (κ1) is 94.2. The van der Waals surface area contributed by atoms with Crippen molar-refractivity contribution in [3.63, 3.8) is 0 Å². The summed E-state index contributed by atoms with van der Waals surface area (Å²) in [5, 5.41) is 0. The number of hydrogen-bond acceptors (Lipinski definition) is 5. The van der Waals surface area contributed by atoms with E-state index in [1.54, 1.807) is 0 Å². The van der Waals surface area contributed by atoms with Gasteiger partial charge < -0.3 is 0 Å². The lowest BCUT2D eigenvalue weighted by Gasteiger charge is -2.22. The van der Waals surface area contributed by atoms with Gasteiger partial charge >= 0.3 is 0 Å². The highest BCUT2D eigenvalue weighted by Gasteiger charge is 2.20. The zero-order chi connectivity index (χ0) is 67.5. The SMILES string of the molecule is CCCCCCC1CC=C(c2ccc(S)cc2)CC1.CCCCCCC1CC=C(c2ccc(S)cc2)CC1.CCCCCCC1CC=C(c2ccc(S)cc2)CC1.CCCCCCC1CC=C(c2ccc(S)cc2)CC1.CCCCCCC1CC=C(c2ccc(S)cc2)CC1.F.F.F.F.F.